The second-order valence-electron chi connectivity index (χ2n) is 5.66. The molecular weight excluding hydrogens is 237 g/mol. The highest BCUT2D eigenvalue weighted by Gasteiger charge is 2.12. The molecule has 0 amide bonds. The fourth-order valence-corrected chi connectivity index (χ4v) is 2.34. The van der Waals surface area contributed by atoms with Gasteiger partial charge in [-0.3, -0.25) is 0 Å². The summed E-state index contributed by atoms with van der Waals surface area (Å²) in [5.74, 6) is 0.301. The molecule has 0 heterocycles. The predicted octanol–water partition coefficient (Wildman–Crippen LogP) is 4.88. The van der Waals surface area contributed by atoms with Gasteiger partial charge in [0, 0.05) is 12.6 Å². The minimum atomic E-state index is -0.124. The van der Waals surface area contributed by atoms with E-state index in [1.807, 2.05) is 6.07 Å². The maximum absolute atomic E-state index is 13.3. The summed E-state index contributed by atoms with van der Waals surface area (Å²) in [4.78, 5) is 0. The van der Waals surface area contributed by atoms with Crippen molar-refractivity contribution in [2.75, 3.05) is 6.54 Å². The topological polar surface area (TPSA) is 12.0 Å². The van der Waals surface area contributed by atoms with Crippen LogP contribution < -0.4 is 5.32 Å². The minimum Gasteiger partial charge on any atom is -0.314 e. The summed E-state index contributed by atoms with van der Waals surface area (Å²) in [6.07, 6.45) is 6.21. The van der Waals surface area contributed by atoms with Gasteiger partial charge in [-0.15, -0.1) is 0 Å². The van der Waals surface area contributed by atoms with E-state index in [2.05, 4.69) is 32.2 Å². The highest BCUT2D eigenvalue weighted by Crippen LogP contribution is 2.23. The summed E-state index contributed by atoms with van der Waals surface area (Å²) in [5, 5.41) is 3.48. The van der Waals surface area contributed by atoms with E-state index in [1.54, 1.807) is 6.07 Å². The van der Waals surface area contributed by atoms with Gasteiger partial charge in [0.05, 0.1) is 0 Å². The summed E-state index contributed by atoms with van der Waals surface area (Å²) in [5.41, 5.74) is 1.13. The molecule has 1 nitrogen and oxygen atoms in total. The van der Waals surface area contributed by atoms with Crippen LogP contribution in [0.1, 0.15) is 64.4 Å². The molecule has 1 rings (SSSR count). The van der Waals surface area contributed by atoms with Gasteiger partial charge in [0.1, 0.15) is 5.82 Å². The Morgan fingerprint density at radius 1 is 1.16 bits per heavy atom. The Morgan fingerprint density at radius 2 is 1.95 bits per heavy atom. The van der Waals surface area contributed by atoms with Gasteiger partial charge < -0.3 is 5.32 Å². The van der Waals surface area contributed by atoms with Crippen molar-refractivity contribution in [1.82, 2.24) is 5.32 Å². The monoisotopic (exact) mass is 265 g/mol. The maximum atomic E-state index is 13.3. The summed E-state index contributed by atoms with van der Waals surface area (Å²) >= 11 is 0. The van der Waals surface area contributed by atoms with E-state index < -0.39 is 0 Å². The molecule has 0 saturated heterocycles. The molecule has 2 heteroatoms. The molecule has 0 bridgehead atoms. The van der Waals surface area contributed by atoms with Crippen LogP contribution in [0.3, 0.4) is 0 Å². The Morgan fingerprint density at radius 3 is 2.58 bits per heavy atom. The van der Waals surface area contributed by atoms with Crippen molar-refractivity contribution in [1.29, 1.82) is 0 Å². The van der Waals surface area contributed by atoms with Crippen LogP contribution in [0, 0.1) is 5.82 Å². The van der Waals surface area contributed by atoms with E-state index in [0.29, 0.717) is 12.0 Å². The molecule has 19 heavy (non-hydrogen) atoms. The molecule has 0 aliphatic heterocycles. The fourth-order valence-electron chi connectivity index (χ4n) is 2.34. The average molecular weight is 265 g/mol. The van der Waals surface area contributed by atoms with Crippen LogP contribution in [0.25, 0.3) is 0 Å². The number of benzene rings is 1. The number of hydrogen-bond acceptors (Lipinski definition) is 1. The van der Waals surface area contributed by atoms with E-state index >= 15 is 0 Å². The summed E-state index contributed by atoms with van der Waals surface area (Å²) in [7, 11) is 0. The Hall–Kier alpha value is -0.890. The Balaban J connectivity index is 2.57. The second kappa shape index (κ2) is 9.08. The lowest BCUT2D eigenvalue weighted by atomic mass is 9.92. The summed E-state index contributed by atoms with van der Waals surface area (Å²) in [6, 6.07) is 7.56. The van der Waals surface area contributed by atoms with Crippen molar-refractivity contribution in [2.45, 2.75) is 64.8 Å². The molecule has 0 saturated carbocycles. The third kappa shape index (κ3) is 6.72. The van der Waals surface area contributed by atoms with Crippen molar-refractivity contribution < 1.29 is 4.39 Å². The molecule has 0 fully saturated rings. The van der Waals surface area contributed by atoms with Crippen molar-refractivity contribution >= 4 is 0 Å². The van der Waals surface area contributed by atoms with Crippen LogP contribution >= 0.6 is 0 Å². The zero-order valence-electron chi connectivity index (χ0n) is 12.6. The number of unbranched alkanes of at least 4 members (excludes halogenated alkanes) is 3. The van der Waals surface area contributed by atoms with Crippen molar-refractivity contribution in [3.63, 3.8) is 0 Å². The third-order valence-corrected chi connectivity index (χ3v) is 3.50. The first-order chi connectivity index (χ1) is 9.13. The lowest BCUT2D eigenvalue weighted by Crippen LogP contribution is -2.28. The van der Waals surface area contributed by atoms with E-state index in [4.69, 9.17) is 0 Å². The Labute approximate surface area is 117 Å². The lowest BCUT2D eigenvalue weighted by Gasteiger charge is -2.20. The van der Waals surface area contributed by atoms with Gasteiger partial charge in [-0.2, -0.15) is 0 Å². The van der Waals surface area contributed by atoms with Crippen molar-refractivity contribution in [3.05, 3.63) is 35.6 Å². The zero-order valence-corrected chi connectivity index (χ0v) is 12.6. The van der Waals surface area contributed by atoms with Crippen molar-refractivity contribution in [2.24, 2.45) is 0 Å². The quantitative estimate of drug-likeness (QED) is 0.628. The number of halogens is 1. The molecule has 0 aliphatic rings. The molecule has 1 aromatic rings. The molecule has 1 N–H and O–H groups in total. The first-order valence-electron chi connectivity index (χ1n) is 7.62. The standard InChI is InChI=1S/C17H28FN/c1-4-5-6-7-9-16(13-19-14(2)3)15-10-8-11-17(18)12-15/h8,10-12,14,16,19H,4-7,9,13H2,1-3H3. The zero-order chi connectivity index (χ0) is 14.1. The molecule has 108 valence electrons. The molecule has 1 aromatic carbocycles. The minimum absolute atomic E-state index is 0.124. The highest BCUT2D eigenvalue weighted by molar-refractivity contribution is 5.21. The summed E-state index contributed by atoms with van der Waals surface area (Å²) in [6.45, 7) is 7.47. The van der Waals surface area contributed by atoms with Crippen molar-refractivity contribution in [3.8, 4) is 0 Å². The third-order valence-electron chi connectivity index (χ3n) is 3.50. The van der Waals surface area contributed by atoms with E-state index in [9.17, 15) is 4.39 Å². The van der Waals surface area contributed by atoms with Crippen LogP contribution in [-0.4, -0.2) is 12.6 Å². The molecule has 0 aliphatic carbocycles. The van der Waals surface area contributed by atoms with Gasteiger partial charge in [0.2, 0.25) is 0 Å². The van der Waals surface area contributed by atoms with E-state index in [1.165, 1.54) is 31.7 Å². The smallest absolute Gasteiger partial charge is 0.123 e. The van der Waals surface area contributed by atoms with E-state index in [0.717, 1.165) is 18.5 Å². The van der Waals surface area contributed by atoms with Crippen LogP contribution in [0.15, 0.2) is 24.3 Å². The lowest BCUT2D eigenvalue weighted by molar-refractivity contribution is 0.484. The molecule has 0 radical (unpaired) electrons. The molecule has 0 aromatic heterocycles. The Kier molecular flexibility index (Phi) is 7.73. The first-order valence-corrected chi connectivity index (χ1v) is 7.62. The van der Waals surface area contributed by atoms with Crippen LogP contribution in [-0.2, 0) is 0 Å². The average Bonchev–Trinajstić information content (AvgIpc) is 2.37. The molecule has 1 atom stereocenters. The van der Waals surface area contributed by atoms with Crippen LogP contribution in [0.5, 0.6) is 0 Å². The molecular formula is C17H28FN. The van der Waals surface area contributed by atoms with E-state index in [-0.39, 0.29) is 5.82 Å². The van der Waals surface area contributed by atoms with Gasteiger partial charge in [-0.05, 0) is 30.0 Å². The van der Waals surface area contributed by atoms with Crippen LogP contribution in [0.4, 0.5) is 4.39 Å². The SMILES string of the molecule is CCCCCCC(CNC(C)C)c1cccc(F)c1. The van der Waals surface area contributed by atoms with Gasteiger partial charge in [0.25, 0.3) is 0 Å². The fraction of sp³-hybridized carbons (Fsp3) is 0.647. The van der Waals surface area contributed by atoms with Gasteiger partial charge >= 0.3 is 0 Å². The predicted molar refractivity (Wildman–Crippen MR) is 81.0 cm³/mol. The maximum Gasteiger partial charge on any atom is 0.123 e. The van der Waals surface area contributed by atoms with Crippen LogP contribution in [0.2, 0.25) is 0 Å². The summed E-state index contributed by atoms with van der Waals surface area (Å²) < 4.78 is 13.3. The van der Waals surface area contributed by atoms with Gasteiger partial charge in [0.15, 0.2) is 0 Å². The molecule has 0 spiro atoms. The number of hydrogen-bond donors (Lipinski definition) is 1. The van der Waals surface area contributed by atoms with Gasteiger partial charge in [-0.1, -0.05) is 58.6 Å². The number of rotatable bonds is 9. The normalized spacial score (nSPS) is 12.9. The first kappa shape index (κ1) is 16.2. The second-order valence-corrected chi connectivity index (χ2v) is 5.66. The molecule has 1 unspecified atom stereocenters. The largest absolute Gasteiger partial charge is 0.314 e. The number of nitrogens with one attached hydrogen (secondary N) is 1. The van der Waals surface area contributed by atoms with Gasteiger partial charge in [-0.25, -0.2) is 4.39 Å². The Bertz CT molecular complexity index is 349. The highest BCUT2D eigenvalue weighted by atomic mass is 19.1.